The molecular weight excluding hydrogens is 417 g/mol. The first-order valence-corrected chi connectivity index (χ1v) is 9.96. The van der Waals surface area contributed by atoms with Gasteiger partial charge in [-0.2, -0.15) is 9.93 Å². The Kier molecular flexibility index (Phi) is 9.45. The number of aldehydes is 1. The van der Waals surface area contributed by atoms with Crippen molar-refractivity contribution >= 4 is 24.1 Å². The van der Waals surface area contributed by atoms with Crippen molar-refractivity contribution in [3.63, 3.8) is 0 Å². The van der Waals surface area contributed by atoms with E-state index in [0.717, 1.165) is 35.3 Å². The molecule has 3 rings (SSSR count). The van der Waals surface area contributed by atoms with Gasteiger partial charge in [-0.15, -0.1) is 6.42 Å². The van der Waals surface area contributed by atoms with Crippen LogP contribution in [0.1, 0.15) is 21.5 Å². The second-order valence-electron chi connectivity index (χ2n) is 6.25. The van der Waals surface area contributed by atoms with Crippen LogP contribution in [0.25, 0.3) is 5.69 Å². The maximum absolute atomic E-state index is 13.6. The molecule has 0 aliphatic rings. The van der Waals surface area contributed by atoms with Crippen LogP contribution in [0.3, 0.4) is 0 Å². The number of hydrogen-bond donors (Lipinski definition) is 3. The Bertz CT molecular complexity index is 1080. The topological polar surface area (TPSA) is 88.0 Å². The van der Waals surface area contributed by atoms with Crippen molar-refractivity contribution in [2.24, 2.45) is 0 Å². The Hall–Kier alpha value is -3.45. The number of carbonyl (C=O) groups is 2. The lowest BCUT2D eigenvalue weighted by Gasteiger charge is -2.10. The standard InChI is InChI=1S/C19H20FN5OS.C3H2O/c1-13-7-15(9-16(8-13)25-12-14(10-21-2)11-22-25)19(26)23-24-27-18-6-4-3-5-17(18)20;1-2-3-4/h3-9,11-12,21,24H,10H2,1-2H3,(H,23,26);1,3H. The number of terminal acetylenes is 1. The van der Waals surface area contributed by atoms with Gasteiger partial charge in [0.25, 0.3) is 5.91 Å². The molecule has 0 unspecified atom stereocenters. The Balaban J connectivity index is 0.000000785. The van der Waals surface area contributed by atoms with Gasteiger partial charge in [-0.05, 0) is 67.7 Å². The number of benzene rings is 2. The van der Waals surface area contributed by atoms with Crippen LogP contribution in [0, 0.1) is 25.1 Å². The minimum absolute atomic E-state index is 0.314. The Morgan fingerprint density at radius 2 is 2.06 bits per heavy atom. The number of hydrazine groups is 1. The molecule has 1 amide bonds. The summed E-state index contributed by atoms with van der Waals surface area (Å²) in [6.45, 7) is 2.64. The molecule has 3 aromatic rings. The summed E-state index contributed by atoms with van der Waals surface area (Å²) in [5.74, 6) is 1.09. The monoisotopic (exact) mass is 439 g/mol. The fourth-order valence-corrected chi connectivity index (χ4v) is 3.12. The van der Waals surface area contributed by atoms with Crippen LogP contribution >= 0.6 is 11.9 Å². The smallest absolute Gasteiger partial charge is 0.266 e. The van der Waals surface area contributed by atoms with Crippen molar-refractivity contribution in [3.05, 3.63) is 77.4 Å². The minimum atomic E-state index is -0.349. The number of nitrogens with one attached hydrogen (secondary N) is 3. The average Bonchev–Trinajstić information content (AvgIpc) is 3.24. The Morgan fingerprint density at radius 1 is 1.32 bits per heavy atom. The van der Waals surface area contributed by atoms with E-state index in [2.05, 4.69) is 27.1 Å². The highest BCUT2D eigenvalue weighted by Gasteiger charge is 2.10. The molecule has 7 nitrogen and oxygen atoms in total. The van der Waals surface area contributed by atoms with Gasteiger partial charge in [0, 0.05) is 23.9 Å². The van der Waals surface area contributed by atoms with Gasteiger partial charge in [0.1, 0.15) is 5.82 Å². The van der Waals surface area contributed by atoms with Gasteiger partial charge in [-0.3, -0.25) is 15.0 Å². The average molecular weight is 440 g/mol. The van der Waals surface area contributed by atoms with Crippen LogP contribution in [0.15, 0.2) is 59.8 Å². The lowest BCUT2D eigenvalue weighted by atomic mass is 10.1. The molecule has 0 aliphatic carbocycles. The van der Waals surface area contributed by atoms with E-state index in [-0.39, 0.29) is 11.7 Å². The second-order valence-corrected chi connectivity index (χ2v) is 7.10. The highest BCUT2D eigenvalue weighted by Crippen LogP contribution is 2.18. The molecule has 0 radical (unpaired) electrons. The van der Waals surface area contributed by atoms with Crippen LogP contribution in [-0.2, 0) is 11.3 Å². The summed E-state index contributed by atoms with van der Waals surface area (Å²) < 4.78 is 15.3. The molecule has 1 aromatic heterocycles. The van der Waals surface area contributed by atoms with E-state index in [1.54, 1.807) is 47.1 Å². The highest BCUT2D eigenvalue weighted by atomic mass is 32.2. The summed E-state index contributed by atoms with van der Waals surface area (Å²) in [7, 11) is 1.87. The molecule has 9 heteroatoms. The maximum Gasteiger partial charge on any atom is 0.266 e. The lowest BCUT2D eigenvalue weighted by Crippen LogP contribution is -2.32. The second kappa shape index (κ2) is 12.3. The van der Waals surface area contributed by atoms with E-state index >= 15 is 0 Å². The van der Waals surface area contributed by atoms with E-state index in [4.69, 9.17) is 4.79 Å². The molecule has 2 aromatic carbocycles. The summed E-state index contributed by atoms with van der Waals surface area (Å²) in [5, 5.41) is 7.42. The molecule has 0 saturated carbocycles. The largest absolute Gasteiger partial charge is 0.316 e. The summed E-state index contributed by atoms with van der Waals surface area (Å²) in [6, 6.07) is 11.8. The molecule has 0 saturated heterocycles. The van der Waals surface area contributed by atoms with Crippen molar-refractivity contribution in [2.45, 2.75) is 18.4 Å². The maximum atomic E-state index is 13.6. The zero-order chi connectivity index (χ0) is 22.6. The number of amides is 1. The molecule has 160 valence electrons. The highest BCUT2D eigenvalue weighted by molar-refractivity contribution is 7.97. The third kappa shape index (κ3) is 7.38. The number of rotatable bonds is 7. The van der Waals surface area contributed by atoms with Crippen molar-refractivity contribution in [2.75, 3.05) is 7.05 Å². The molecule has 31 heavy (non-hydrogen) atoms. The van der Waals surface area contributed by atoms with Gasteiger partial charge in [0.2, 0.25) is 0 Å². The summed E-state index contributed by atoms with van der Waals surface area (Å²) in [6.07, 6.45) is 8.51. The summed E-state index contributed by atoms with van der Waals surface area (Å²) in [4.78, 5) is 24.5. The predicted molar refractivity (Wildman–Crippen MR) is 119 cm³/mol. The Morgan fingerprint density at radius 3 is 2.74 bits per heavy atom. The predicted octanol–water partition coefficient (Wildman–Crippen LogP) is 2.80. The van der Waals surface area contributed by atoms with Crippen molar-refractivity contribution in [3.8, 4) is 18.0 Å². The van der Waals surface area contributed by atoms with Gasteiger partial charge in [0.15, 0.2) is 6.29 Å². The number of nitrogens with zero attached hydrogens (tertiary/aromatic N) is 2. The third-order valence-electron chi connectivity index (χ3n) is 3.84. The molecule has 3 N–H and O–H groups in total. The molecule has 0 spiro atoms. The minimum Gasteiger partial charge on any atom is -0.316 e. The van der Waals surface area contributed by atoms with Crippen LogP contribution in [0.2, 0.25) is 0 Å². The number of aryl methyl sites for hydroxylation is 1. The first-order chi connectivity index (χ1) is 15.0. The van der Waals surface area contributed by atoms with Crippen LogP contribution in [0.4, 0.5) is 4.39 Å². The third-order valence-corrected chi connectivity index (χ3v) is 4.59. The van der Waals surface area contributed by atoms with Gasteiger partial charge < -0.3 is 5.32 Å². The van der Waals surface area contributed by atoms with Crippen molar-refractivity contribution in [1.82, 2.24) is 25.4 Å². The fourth-order valence-electron chi connectivity index (χ4n) is 2.55. The van der Waals surface area contributed by atoms with Crippen molar-refractivity contribution in [1.29, 1.82) is 0 Å². The number of aromatic nitrogens is 2. The van der Waals surface area contributed by atoms with Crippen LogP contribution < -0.4 is 15.6 Å². The van der Waals surface area contributed by atoms with Gasteiger partial charge in [0.05, 0.1) is 16.8 Å². The van der Waals surface area contributed by atoms with Crippen LogP contribution in [-0.4, -0.2) is 29.0 Å². The van der Waals surface area contributed by atoms with Crippen molar-refractivity contribution < 1.29 is 14.0 Å². The van der Waals surface area contributed by atoms with E-state index < -0.39 is 0 Å². The normalized spacial score (nSPS) is 9.87. The van der Waals surface area contributed by atoms with E-state index in [1.807, 2.05) is 26.2 Å². The van der Waals surface area contributed by atoms with E-state index in [9.17, 15) is 9.18 Å². The molecular formula is C22H22FN5O2S. The van der Waals surface area contributed by atoms with Gasteiger partial charge >= 0.3 is 0 Å². The molecule has 0 fully saturated rings. The molecule has 0 bridgehead atoms. The number of carbonyl (C=O) groups excluding carboxylic acids is 2. The first-order valence-electron chi connectivity index (χ1n) is 9.15. The zero-order valence-corrected chi connectivity index (χ0v) is 17.9. The van der Waals surface area contributed by atoms with E-state index in [1.165, 1.54) is 6.07 Å². The van der Waals surface area contributed by atoms with E-state index in [0.29, 0.717) is 16.7 Å². The number of hydrogen-bond acceptors (Lipinski definition) is 6. The Labute approximate surface area is 184 Å². The molecule has 0 atom stereocenters. The fraction of sp³-hybridized carbons (Fsp3) is 0.136. The molecule has 0 aliphatic heterocycles. The zero-order valence-electron chi connectivity index (χ0n) is 17.1. The van der Waals surface area contributed by atoms with Gasteiger partial charge in [-0.1, -0.05) is 12.1 Å². The van der Waals surface area contributed by atoms with Crippen LogP contribution in [0.5, 0.6) is 0 Å². The first kappa shape index (κ1) is 23.8. The molecule has 1 heterocycles. The van der Waals surface area contributed by atoms with Gasteiger partial charge in [-0.25, -0.2) is 9.07 Å². The lowest BCUT2D eigenvalue weighted by molar-refractivity contribution is -0.103. The summed E-state index contributed by atoms with van der Waals surface area (Å²) >= 11 is 1.00. The quantitative estimate of drug-likeness (QED) is 0.227. The number of halogens is 1. The summed E-state index contributed by atoms with van der Waals surface area (Å²) in [5.41, 5.74) is 5.84. The SMILES string of the molecule is C#CC=O.CNCc1cnn(-c2cc(C)cc(C(=O)NNSc3ccccc3F)c2)c1.